The Kier molecular flexibility index (Phi) is 4.36. The van der Waals surface area contributed by atoms with Gasteiger partial charge in [-0.25, -0.2) is 21.8 Å². The fourth-order valence-electron chi connectivity index (χ4n) is 2.40. The van der Waals surface area contributed by atoms with E-state index in [0.29, 0.717) is 3.97 Å². The smallest absolute Gasteiger partial charge is 0.269 e. The third-order valence-electron chi connectivity index (χ3n) is 3.63. The van der Waals surface area contributed by atoms with E-state index >= 15 is 0 Å². The van der Waals surface area contributed by atoms with Crippen molar-refractivity contribution < 1.29 is 17.2 Å². The molecule has 9 heteroatoms. The van der Waals surface area contributed by atoms with Crippen molar-refractivity contribution in [2.24, 2.45) is 5.73 Å². The molecule has 3 aromatic rings. The maximum Gasteiger partial charge on any atom is 0.269 e. The van der Waals surface area contributed by atoms with E-state index in [-0.39, 0.29) is 16.0 Å². The molecule has 0 aliphatic heterocycles. The van der Waals surface area contributed by atoms with E-state index in [1.165, 1.54) is 43.6 Å². The van der Waals surface area contributed by atoms with E-state index in [2.05, 4.69) is 9.97 Å². The summed E-state index contributed by atoms with van der Waals surface area (Å²) in [6.07, 6.45) is 4.78. The summed E-state index contributed by atoms with van der Waals surface area (Å²) in [5.41, 5.74) is 4.94. The van der Waals surface area contributed by atoms with E-state index < -0.39 is 33.5 Å². The van der Waals surface area contributed by atoms with Gasteiger partial charge in [-0.1, -0.05) is 0 Å². The van der Waals surface area contributed by atoms with Gasteiger partial charge in [0.05, 0.1) is 5.56 Å². The van der Waals surface area contributed by atoms with Crippen molar-refractivity contribution in [2.45, 2.75) is 17.9 Å². The predicted molar refractivity (Wildman–Crippen MR) is 87.0 cm³/mol. The Hall–Kier alpha value is -2.65. The maximum absolute atomic E-state index is 14.9. The second-order valence-electron chi connectivity index (χ2n) is 5.37. The molecule has 3 heterocycles. The molecule has 0 saturated heterocycles. The summed E-state index contributed by atoms with van der Waals surface area (Å²) >= 11 is 0. The van der Waals surface area contributed by atoms with Crippen molar-refractivity contribution in [1.82, 2.24) is 13.9 Å². The van der Waals surface area contributed by atoms with Crippen LogP contribution in [-0.2, 0) is 10.0 Å². The number of nitrogens with zero attached hydrogens (tertiary/aromatic N) is 3. The average molecular weight is 364 g/mol. The fourth-order valence-corrected chi connectivity index (χ4v) is 3.74. The van der Waals surface area contributed by atoms with E-state index in [4.69, 9.17) is 5.73 Å². The Morgan fingerprint density at radius 2 is 1.92 bits per heavy atom. The lowest BCUT2D eigenvalue weighted by atomic mass is 10.1. The van der Waals surface area contributed by atoms with Gasteiger partial charge in [-0.2, -0.15) is 4.39 Å². The van der Waals surface area contributed by atoms with Crippen LogP contribution in [-0.4, -0.2) is 22.4 Å². The van der Waals surface area contributed by atoms with Crippen molar-refractivity contribution in [3.05, 3.63) is 66.4 Å². The van der Waals surface area contributed by atoms with Crippen LogP contribution in [0, 0.1) is 11.8 Å². The van der Waals surface area contributed by atoms with Crippen LogP contribution in [0.3, 0.4) is 0 Å². The molecule has 0 aliphatic rings. The summed E-state index contributed by atoms with van der Waals surface area (Å²) in [4.78, 5) is 7.06. The van der Waals surface area contributed by atoms with E-state index in [9.17, 15) is 17.2 Å². The lowest BCUT2D eigenvalue weighted by molar-refractivity contribution is 0.573. The molecular formula is C16H14F2N4O2S. The third kappa shape index (κ3) is 2.92. The molecule has 25 heavy (non-hydrogen) atoms. The molecule has 1 atom stereocenters. The van der Waals surface area contributed by atoms with Gasteiger partial charge >= 0.3 is 0 Å². The zero-order chi connectivity index (χ0) is 18.2. The van der Waals surface area contributed by atoms with Crippen molar-refractivity contribution in [3.63, 3.8) is 0 Å². The molecule has 3 rings (SSSR count). The standard InChI is InChI=1S/C16H14F2N4O2S/c1-10(19)13-9-22(25(23,24)11-4-2-6-20-8-11)15(14(13)17)12-5-3-7-21-16(12)18/h2-10H,19H2,1H3. The Bertz CT molecular complexity index is 1020. The van der Waals surface area contributed by atoms with Gasteiger partial charge in [0.25, 0.3) is 10.0 Å². The van der Waals surface area contributed by atoms with Gasteiger partial charge in [0.15, 0.2) is 5.82 Å². The summed E-state index contributed by atoms with van der Waals surface area (Å²) in [6, 6.07) is 4.60. The SMILES string of the molecule is CC(N)c1cn(S(=O)(=O)c2cccnc2)c(-c2cccnc2F)c1F. The minimum absolute atomic E-state index is 0.0503. The molecule has 130 valence electrons. The van der Waals surface area contributed by atoms with Crippen LogP contribution in [0.15, 0.2) is 53.9 Å². The van der Waals surface area contributed by atoms with Crippen molar-refractivity contribution in [1.29, 1.82) is 0 Å². The van der Waals surface area contributed by atoms with Crippen LogP contribution in [0.1, 0.15) is 18.5 Å². The zero-order valence-electron chi connectivity index (χ0n) is 13.1. The Balaban J connectivity index is 2.35. The zero-order valence-corrected chi connectivity index (χ0v) is 13.9. The Labute approximate surface area is 143 Å². The minimum Gasteiger partial charge on any atom is -0.324 e. The van der Waals surface area contributed by atoms with Crippen LogP contribution in [0.25, 0.3) is 11.3 Å². The molecule has 2 N–H and O–H groups in total. The molecule has 0 fully saturated rings. The number of hydrogen-bond donors (Lipinski definition) is 1. The van der Waals surface area contributed by atoms with E-state index in [0.717, 1.165) is 12.4 Å². The lowest BCUT2D eigenvalue weighted by Gasteiger charge is -2.10. The molecule has 0 aliphatic carbocycles. The molecule has 3 aromatic heterocycles. The van der Waals surface area contributed by atoms with Crippen LogP contribution >= 0.6 is 0 Å². The first kappa shape index (κ1) is 17.2. The van der Waals surface area contributed by atoms with Crippen LogP contribution < -0.4 is 5.73 Å². The summed E-state index contributed by atoms with van der Waals surface area (Å²) in [6.45, 7) is 1.50. The van der Waals surface area contributed by atoms with Crippen molar-refractivity contribution >= 4 is 10.0 Å². The second-order valence-corrected chi connectivity index (χ2v) is 7.18. The molecule has 0 saturated carbocycles. The van der Waals surface area contributed by atoms with E-state index in [1.54, 1.807) is 0 Å². The normalized spacial score (nSPS) is 13.0. The summed E-state index contributed by atoms with van der Waals surface area (Å²) in [5, 5.41) is 0. The third-order valence-corrected chi connectivity index (χ3v) is 5.28. The molecule has 0 bridgehead atoms. The number of nitrogens with two attached hydrogens (primary N) is 1. The molecular weight excluding hydrogens is 350 g/mol. The summed E-state index contributed by atoms with van der Waals surface area (Å²) in [7, 11) is -4.21. The number of rotatable bonds is 4. The number of hydrogen-bond acceptors (Lipinski definition) is 5. The monoisotopic (exact) mass is 364 g/mol. The Morgan fingerprint density at radius 1 is 1.20 bits per heavy atom. The molecule has 0 amide bonds. The molecule has 0 aromatic carbocycles. The quantitative estimate of drug-likeness (QED) is 0.718. The number of halogens is 2. The average Bonchev–Trinajstić information content (AvgIpc) is 2.94. The minimum atomic E-state index is -4.21. The second kappa shape index (κ2) is 6.34. The predicted octanol–water partition coefficient (Wildman–Crippen LogP) is 2.48. The number of pyridine rings is 2. The van der Waals surface area contributed by atoms with Crippen LogP contribution in [0.2, 0.25) is 0 Å². The van der Waals surface area contributed by atoms with Crippen molar-refractivity contribution in [3.8, 4) is 11.3 Å². The van der Waals surface area contributed by atoms with Crippen LogP contribution in [0.4, 0.5) is 8.78 Å². The summed E-state index contributed by atoms with van der Waals surface area (Å²) < 4.78 is 55.5. The maximum atomic E-state index is 14.9. The molecule has 1 unspecified atom stereocenters. The fraction of sp³-hybridized carbons (Fsp3) is 0.125. The molecule has 6 nitrogen and oxygen atoms in total. The largest absolute Gasteiger partial charge is 0.324 e. The van der Waals surface area contributed by atoms with E-state index in [1.807, 2.05) is 0 Å². The highest BCUT2D eigenvalue weighted by atomic mass is 32.2. The first-order chi connectivity index (χ1) is 11.8. The highest BCUT2D eigenvalue weighted by molar-refractivity contribution is 7.90. The topological polar surface area (TPSA) is 90.9 Å². The molecule has 0 radical (unpaired) electrons. The number of aromatic nitrogens is 3. The van der Waals surface area contributed by atoms with Gasteiger partial charge in [0, 0.05) is 36.4 Å². The van der Waals surface area contributed by atoms with Gasteiger partial charge < -0.3 is 5.73 Å². The highest BCUT2D eigenvalue weighted by Crippen LogP contribution is 2.33. The Morgan fingerprint density at radius 3 is 2.52 bits per heavy atom. The first-order valence-electron chi connectivity index (χ1n) is 7.27. The summed E-state index contributed by atoms with van der Waals surface area (Å²) in [5.74, 6) is -1.90. The van der Waals surface area contributed by atoms with Crippen molar-refractivity contribution in [2.75, 3.05) is 0 Å². The van der Waals surface area contributed by atoms with Gasteiger partial charge in [0.1, 0.15) is 10.6 Å². The van der Waals surface area contributed by atoms with Gasteiger partial charge in [0.2, 0.25) is 5.95 Å². The van der Waals surface area contributed by atoms with Gasteiger partial charge in [-0.05, 0) is 31.2 Å². The van der Waals surface area contributed by atoms with Gasteiger partial charge in [-0.3, -0.25) is 4.98 Å². The van der Waals surface area contributed by atoms with Gasteiger partial charge in [-0.15, -0.1) is 0 Å². The first-order valence-corrected chi connectivity index (χ1v) is 8.71. The van der Waals surface area contributed by atoms with Crippen LogP contribution in [0.5, 0.6) is 0 Å². The molecule has 0 spiro atoms. The highest BCUT2D eigenvalue weighted by Gasteiger charge is 2.29. The lowest BCUT2D eigenvalue weighted by Crippen LogP contribution is -2.14.